The molecule has 28 heavy (non-hydrogen) atoms. The highest BCUT2D eigenvalue weighted by atomic mass is 32.2. The molecule has 0 spiro atoms. The standard InChI is InChI=1S/C18H28N4O5S/c1-14-12-22(13-15(2)27-14)28(25,26)11-10-19-17(23)8-9-20-18(24)21-16-6-4-3-5-7-16/h3-7,14-15H,8-13H2,1-2H3,(H,19,23)(H2,20,21,24)/t14-,15-/m1/s1. The predicted molar refractivity (Wildman–Crippen MR) is 106 cm³/mol. The molecular formula is C18H28N4O5S. The van der Waals surface area contributed by atoms with Crippen molar-refractivity contribution in [2.45, 2.75) is 32.5 Å². The van der Waals surface area contributed by atoms with Crippen molar-refractivity contribution >= 4 is 27.6 Å². The third-order valence-corrected chi connectivity index (χ3v) is 5.94. The van der Waals surface area contributed by atoms with Crippen molar-refractivity contribution in [2.75, 3.05) is 37.2 Å². The number of morpholine rings is 1. The zero-order valence-corrected chi connectivity index (χ0v) is 17.0. The van der Waals surface area contributed by atoms with Crippen molar-refractivity contribution in [1.82, 2.24) is 14.9 Å². The van der Waals surface area contributed by atoms with Crippen LogP contribution in [0.25, 0.3) is 0 Å². The fourth-order valence-corrected chi connectivity index (χ4v) is 4.37. The Morgan fingerprint density at radius 1 is 1.07 bits per heavy atom. The zero-order chi connectivity index (χ0) is 20.6. The van der Waals surface area contributed by atoms with Crippen LogP contribution in [0.5, 0.6) is 0 Å². The Kier molecular flexibility index (Phi) is 8.21. The number of rotatable bonds is 8. The normalized spacial score (nSPS) is 20.4. The predicted octanol–water partition coefficient (Wildman–Crippen LogP) is 0.753. The summed E-state index contributed by atoms with van der Waals surface area (Å²) in [5.41, 5.74) is 0.654. The third-order valence-electron chi connectivity index (χ3n) is 4.13. The Hall–Kier alpha value is -2.17. The van der Waals surface area contributed by atoms with Gasteiger partial charge in [-0.2, -0.15) is 4.31 Å². The summed E-state index contributed by atoms with van der Waals surface area (Å²) >= 11 is 0. The minimum Gasteiger partial charge on any atom is -0.373 e. The molecule has 1 aliphatic rings. The van der Waals surface area contributed by atoms with Gasteiger partial charge in [-0.05, 0) is 26.0 Å². The maximum absolute atomic E-state index is 12.4. The zero-order valence-electron chi connectivity index (χ0n) is 16.2. The van der Waals surface area contributed by atoms with Crippen molar-refractivity contribution < 1.29 is 22.7 Å². The van der Waals surface area contributed by atoms with Crippen LogP contribution in [0, 0.1) is 0 Å². The van der Waals surface area contributed by atoms with E-state index in [-0.39, 0.29) is 43.4 Å². The van der Waals surface area contributed by atoms with Crippen LogP contribution in [-0.4, -0.2) is 68.8 Å². The molecular weight excluding hydrogens is 384 g/mol. The van der Waals surface area contributed by atoms with E-state index in [0.29, 0.717) is 18.8 Å². The highest BCUT2D eigenvalue weighted by Crippen LogP contribution is 2.14. The van der Waals surface area contributed by atoms with Crippen LogP contribution in [0.2, 0.25) is 0 Å². The molecule has 2 rings (SSSR count). The Morgan fingerprint density at radius 3 is 2.36 bits per heavy atom. The summed E-state index contributed by atoms with van der Waals surface area (Å²) in [5.74, 6) is -0.487. The lowest BCUT2D eigenvalue weighted by Gasteiger charge is -2.34. The number of hydrogen-bond acceptors (Lipinski definition) is 5. The number of carbonyl (C=O) groups is 2. The van der Waals surface area contributed by atoms with Gasteiger partial charge in [-0.3, -0.25) is 4.79 Å². The van der Waals surface area contributed by atoms with Crippen molar-refractivity contribution in [3.63, 3.8) is 0 Å². The number of amides is 3. The monoisotopic (exact) mass is 412 g/mol. The Labute approximate surface area is 165 Å². The lowest BCUT2D eigenvalue weighted by Crippen LogP contribution is -2.49. The molecule has 0 saturated carbocycles. The van der Waals surface area contributed by atoms with Gasteiger partial charge < -0.3 is 20.7 Å². The first-order valence-electron chi connectivity index (χ1n) is 9.26. The van der Waals surface area contributed by atoms with Gasteiger partial charge in [-0.25, -0.2) is 13.2 Å². The number of anilines is 1. The van der Waals surface area contributed by atoms with E-state index >= 15 is 0 Å². The smallest absolute Gasteiger partial charge is 0.319 e. The van der Waals surface area contributed by atoms with E-state index in [9.17, 15) is 18.0 Å². The topological polar surface area (TPSA) is 117 Å². The largest absolute Gasteiger partial charge is 0.373 e. The number of hydrogen-bond donors (Lipinski definition) is 3. The summed E-state index contributed by atoms with van der Waals surface area (Å²) in [6.07, 6.45) is -0.240. The number of urea groups is 1. The van der Waals surface area contributed by atoms with Gasteiger partial charge in [0.15, 0.2) is 0 Å². The van der Waals surface area contributed by atoms with Gasteiger partial charge in [0.2, 0.25) is 15.9 Å². The average molecular weight is 413 g/mol. The Balaban J connectivity index is 1.63. The number of carbonyl (C=O) groups excluding carboxylic acids is 2. The molecule has 1 aromatic rings. The molecule has 156 valence electrons. The summed E-state index contributed by atoms with van der Waals surface area (Å²) in [6, 6.07) is 8.54. The first-order chi connectivity index (χ1) is 13.3. The SMILES string of the molecule is C[C@@H]1CN(S(=O)(=O)CCNC(=O)CCNC(=O)Nc2ccccc2)C[C@@H](C)O1. The van der Waals surface area contributed by atoms with Crippen LogP contribution in [0.3, 0.4) is 0 Å². The van der Waals surface area contributed by atoms with E-state index in [1.807, 2.05) is 19.9 Å². The minimum atomic E-state index is -3.45. The molecule has 1 fully saturated rings. The number of para-hydroxylation sites is 1. The van der Waals surface area contributed by atoms with Gasteiger partial charge in [0, 0.05) is 38.3 Å². The van der Waals surface area contributed by atoms with E-state index in [0.717, 1.165) is 0 Å². The van der Waals surface area contributed by atoms with Gasteiger partial charge >= 0.3 is 6.03 Å². The maximum Gasteiger partial charge on any atom is 0.319 e. The molecule has 0 radical (unpaired) electrons. The molecule has 0 unspecified atom stereocenters. The molecule has 1 aliphatic heterocycles. The second-order valence-corrected chi connectivity index (χ2v) is 8.83. The number of nitrogens with one attached hydrogen (secondary N) is 3. The van der Waals surface area contributed by atoms with Crippen LogP contribution in [0.1, 0.15) is 20.3 Å². The van der Waals surface area contributed by atoms with E-state index in [1.165, 1.54) is 4.31 Å². The lowest BCUT2D eigenvalue weighted by atomic mass is 10.3. The molecule has 10 heteroatoms. The van der Waals surface area contributed by atoms with E-state index in [2.05, 4.69) is 16.0 Å². The first kappa shape index (κ1) is 22.1. The van der Waals surface area contributed by atoms with E-state index in [4.69, 9.17) is 4.74 Å². The Morgan fingerprint density at radius 2 is 1.71 bits per heavy atom. The Bertz CT molecular complexity index is 746. The molecule has 0 bridgehead atoms. The third kappa shape index (κ3) is 7.45. The molecule has 9 nitrogen and oxygen atoms in total. The minimum absolute atomic E-state index is 0.0253. The highest BCUT2D eigenvalue weighted by Gasteiger charge is 2.30. The van der Waals surface area contributed by atoms with Crippen LogP contribution in [0.4, 0.5) is 10.5 Å². The maximum atomic E-state index is 12.4. The summed E-state index contributed by atoms with van der Waals surface area (Å²) < 4.78 is 31.7. The first-order valence-corrected chi connectivity index (χ1v) is 10.9. The molecule has 1 aromatic carbocycles. The molecule has 0 aliphatic carbocycles. The van der Waals surface area contributed by atoms with Crippen molar-refractivity contribution in [1.29, 1.82) is 0 Å². The van der Waals surface area contributed by atoms with Crippen LogP contribution in [0.15, 0.2) is 30.3 Å². The average Bonchev–Trinajstić information content (AvgIpc) is 2.61. The summed E-state index contributed by atoms with van der Waals surface area (Å²) in [7, 11) is -3.45. The van der Waals surface area contributed by atoms with Crippen molar-refractivity contribution in [2.24, 2.45) is 0 Å². The molecule has 1 heterocycles. The van der Waals surface area contributed by atoms with E-state index in [1.54, 1.807) is 24.3 Å². The second-order valence-electron chi connectivity index (χ2n) is 6.74. The van der Waals surface area contributed by atoms with Gasteiger partial charge in [-0.1, -0.05) is 18.2 Å². The van der Waals surface area contributed by atoms with Gasteiger partial charge in [-0.15, -0.1) is 0 Å². The molecule has 3 N–H and O–H groups in total. The summed E-state index contributed by atoms with van der Waals surface area (Å²) in [5, 5.41) is 7.80. The second kappa shape index (κ2) is 10.4. The van der Waals surface area contributed by atoms with Crippen LogP contribution in [-0.2, 0) is 19.6 Å². The fraction of sp³-hybridized carbons (Fsp3) is 0.556. The van der Waals surface area contributed by atoms with Gasteiger partial charge in [0.1, 0.15) is 0 Å². The molecule has 3 amide bonds. The van der Waals surface area contributed by atoms with Crippen molar-refractivity contribution in [3.05, 3.63) is 30.3 Å². The number of nitrogens with zero attached hydrogens (tertiary/aromatic N) is 1. The number of sulfonamides is 1. The van der Waals surface area contributed by atoms with Gasteiger partial charge in [0.25, 0.3) is 0 Å². The van der Waals surface area contributed by atoms with Gasteiger partial charge in [0.05, 0.1) is 18.0 Å². The molecule has 1 saturated heterocycles. The van der Waals surface area contributed by atoms with Crippen LogP contribution >= 0.6 is 0 Å². The summed E-state index contributed by atoms with van der Waals surface area (Å²) in [6.45, 7) is 4.48. The van der Waals surface area contributed by atoms with Crippen LogP contribution < -0.4 is 16.0 Å². The summed E-state index contributed by atoms with van der Waals surface area (Å²) in [4.78, 5) is 23.6. The quantitative estimate of drug-likeness (QED) is 0.583. The fourth-order valence-electron chi connectivity index (χ4n) is 2.88. The van der Waals surface area contributed by atoms with E-state index < -0.39 is 16.1 Å². The lowest BCUT2D eigenvalue weighted by molar-refractivity contribution is -0.120. The number of benzene rings is 1. The molecule has 0 aromatic heterocycles. The highest BCUT2D eigenvalue weighted by molar-refractivity contribution is 7.89. The van der Waals surface area contributed by atoms with Crippen molar-refractivity contribution in [3.8, 4) is 0 Å². The molecule has 2 atom stereocenters. The number of ether oxygens (including phenoxy) is 1.